The Morgan fingerprint density at radius 3 is 2.65 bits per heavy atom. The van der Waals surface area contributed by atoms with Crippen molar-refractivity contribution in [2.75, 3.05) is 7.11 Å². The summed E-state index contributed by atoms with van der Waals surface area (Å²) >= 11 is 0. The van der Waals surface area contributed by atoms with Gasteiger partial charge in [0.15, 0.2) is 0 Å². The lowest BCUT2D eigenvalue weighted by molar-refractivity contribution is -0.144. The van der Waals surface area contributed by atoms with Gasteiger partial charge in [-0.15, -0.1) is 0 Å². The van der Waals surface area contributed by atoms with Crippen LogP contribution in [-0.2, 0) is 9.59 Å². The molecule has 126 valence electrons. The Labute approximate surface area is 137 Å². The van der Waals surface area contributed by atoms with Gasteiger partial charge in [-0.1, -0.05) is 24.1 Å². The number of nitrogens with one attached hydrogen (secondary N) is 1. The van der Waals surface area contributed by atoms with E-state index < -0.39 is 11.9 Å². The first-order valence-electron chi connectivity index (χ1n) is 8.10. The van der Waals surface area contributed by atoms with Gasteiger partial charge in [0.05, 0.1) is 19.1 Å². The van der Waals surface area contributed by atoms with Crippen LogP contribution in [0.15, 0.2) is 18.2 Å². The van der Waals surface area contributed by atoms with Crippen LogP contribution in [0.3, 0.4) is 0 Å². The molecule has 1 aliphatic rings. The lowest BCUT2D eigenvalue weighted by atomic mass is 9.81. The van der Waals surface area contributed by atoms with Gasteiger partial charge in [0.2, 0.25) is 5.91 Å². The third-order valence-corrected chi connectivity index (χ3v) is 4.60. The fourth-order valence-corrected chi connectivity index (χ4v) is 3.25. The SMILES string of the molecule is COc1ccc(C)cc1C(C)NC(=O)C1CCCC(C(=O)O)C1. The lowest BCUT2D eigenvalue weighted by Crippen LogP contribution is -2.36. The molecule has 1 aromatic carbocycles. The van der Waals surface area contributed by atoms with Crippen molar-refractivity contribution in [3.63, 3.8) is 0 Å². The molecule has 0 spiro atoms. The highest BCUT2D eigenvalue weighted by Crippen LogP contribution is 2.31. The maximum Gasteiger partial charge on any atom is 0.306 e. The summed E-state index contributed by atoms with van der Waals surface area (Å²) in [5.41, 5.74) is 2.04. The molecule has 1 saturated carbocycles. The summed E-state index contributed by atoms with van der Waals surface area (Å²) in [7, 11) is 1.61. The predicted octanol–water partition coefficient (Wildman–Crippen LogP) is 3.07. The number of carbonyl (C=O) groups is 2. The highest BCUT2D eigenvalue weighted by Gasteiger charge is 2.31. The van der Waals surface area contributed by atoms with E-state index in [1.807, 2.05) is 32.0 Å². The zero-order chi connectivity index (χ0) is 17.0. The van der Waals surface area contributed by atoms with E-state index in [0.29, 0.717) is 12.8 Å². The van der Waals surface area contributed by atoms with Crippen LogP contribution in [0, 0.1) is 18.8 Å². The van der Waals surface area contributed by atoms with Gasteiger partial charge in [-0.05, 0) is 39.2 Å². The summed E-state index contributed by atoms with van der Waals surface area (Å²) in [6.45, 7) is 3.92. The van der Waals surface area contributed by atoms with Crippen LogP contribution in [0.1, 0.15) is 49.8 Å². The largest absolute Gasteiger partial charge is 0.496 e. The minimum Gasteiger partial charge on any atom is -0.496 e. The molecule has 23 heavy (non-hydrogen) atoms. The summed E-state index contributed by atoms with van der Waals surface area (Å²) in [5, 5.41) is 12.2. The molecule has 3 unspecified atom stereocenters. The number of rotatable bonds is 5. The van der Waals surface area contributed by atoms with Crippen molar-refractivity contribution < 1.29 is 19.4 Å². The van der Waals surface area contributed by atoms with Crippen molar-refractivity contribution in [3.8, 4) is 5.75 Å². The Balaban J connectivity index is 2.05. The van der Waals surface area contributed by atoms with E-state index in [1.54, 1.807) is 7.11 Å². The average molecular weight is 319 g/mol. The molecule has 0 saturated heterocycles. The molecule has 5 nitrogen and oxygen atoms in total. The lowest BCUT2D eigenvalue weighted by Gasteiger charge is -2.27. The minimum absolute atomic E-state index is 0.0630. The highest BCUT2D eigenvalue weighted by molar-refractivity contribution is 5.80. The molecule has 0 heterocycles. The molecule has 1 amide bonds. The van der Waals surface area contributed by atoms with E-state index in [4.69, 9.17) is 9.84 Å². The molecule has 1 fully saturated rings. The number of hydrogen-bond acceptors (Lipinski definition) is 3. The maximum atomic E-state index is 12.5. The Bertz CT molecular complexity index is 584. The molecule has 1 aliphatic carbocycles. The van der Waals surface area contributed by atoms with Crippen molar-refractivity contribution in [2.45, 2.75) is 45.6 Å². The number of ether oxygens (including phenoxy) is 1. The van der Waals surface area contributed by atoms with Gasteiger partial charge < -0.3 is 15.2 Å². The fraction of sp³-hybridized carbons (Fsp3) is 0.556. The van der Waals surface area contributed by atoms with Crippen LogP contribution in [0.25, 0.3) is 0 Å². The zero-order valence-corrected chi connectivity index (χ0v) is 14.0. The standard InChI is InChI=1S/C18H25NO4/c1-11-7-8-16(23-3)15(9-11)12(2)19-17(20)13-5-4-6-14(10-13)18(21)22/h7-9,12-14H,4-6,10H2,1-3H3,(H,19,20)(H,21,22). The molecule has 2 rings (SSSR count). The van der Waals surface area contributed by atoms with Gasteiger partial charge in [0.1, 0.15) is 5.75 Å². The first kappa shape index (κ1) is 17.3. The molecular weight excluding hydrogens is 294 g/mol. The molecule has 1 aromatic rings. The molecule has 2 N–H and O–H groups in total. The first-order chi connectivity index (χ1) is 10.9. The highest BCUT2D eigenvalue weighted by atomic mass is 16.5. The van der Waals surface area contributed by atoms with Crippen molar-refractivity contribution in [2.24, 2.45) is 11.8 Å². The number of benzene rings is 1. The van der Waals surface area contributed by atoms with E-state index in [2.05, 4.69) is 5.32 Å². The van der Waals surface area contributed by atoms with Crippen molar-refractivity contribution in [3.05, 3.63) is 29.3 Å². The molecule has 3 atom stereocenters. The Kier molecular flexibility index (Phi) is 5.64. The summed E-state index contributed by atoms with van der Waals surface area (Å²) < 4.78 is 5.37. The monoisotopic (exact) mass is 319 g/mol. The first-order valence-corrected chi connectivity index (χ1v) is 8.10. The number of methoxy groups -OCH3 is 1. The number of carbonyl (C=O) groups excluding carboxylic acids is 1. The second kappa shape index (κ2) is 7.49. The van der Waals surface area contributed by atoms with Gasteiger partial charge in [-0.25, -0.2) is 0 Å². The van der Waals surface area contributed by atoms with Gasteiger partial charge in [-0.3, -0.25) is 9.59 Å². The summed E-state index contributed by atoms with van der Waals surface area (Å²) in [4.78, 5) is 23.6. The van der Waals surface area contributed by atoms with E-state index in [9.17, 15) is 9.59 Å². The molecular formula is C18H25NO4. The third-order valence-electron chi connectivity index (χ3n) is 4.60. The van der Waals surface area contributed by atoms with Crippen LogP contribution in [0.5, 0.6) is 5.75 Å². The Morgan fingerprint density at radius 2 is 2.00 bits per heavy atom. The fourth-order valence-electron chi connectivity index (χ4n) is 3.25. The predicted molar refractivity (Wildman–Crippen MR) is 87.4 cm³/mol. The van der Waals surface area contributed by atoms with Crippen LogP contribution < -0.4 is 10.1 Å². The van der Waals surface area contributed by atoms with E-state index in [-0.39, 0.29) is 17.9 Å². The number of aryl methyl sites for hydroxylation is 1. The topological polar surface area (TPSA) is 75.6 Å². The normalized spacial score (nSPS) is 22.2. The van der Waals surface area contributed by atoms with Crippen LogP contribution in [0.4, 0.5) is 0 Å². The number of carboxylic acids is 1. The molecule has 0 bridgehead atoms. The van der Waals surface area contributed by atoms with Crippen molar-refractivity contribution in [1.82, 2.24) is 5.32 Å². The summed E-state index contributed by atoms with van der Waals surface area (Å²) in [5.74, 6) is -0.732. The number of aliphatic carboxylic acids is 1. The average Bonchev–Trinajstić information content (AvgIpc) is 2.54. The van der Waals surface area contributed by atoms with Gasteiger partial charge in [0, 0.05) is 11.5 Å². The molecule has 0 radical (unpaired) electrons. The minimum atomic E-state index is -0.795. The maximum absolute atomic E-state index is 12.5. The smallest absolute Gasteiger partial charge is 0.306 e. The second-order valence-corrected chi connectivity index (χ2v) is 6.37. The van der Waals surface area contributed by atoms with Gasteiger partial charge >= 0.3 is 5.97 Å². The third kappa shape index (κ3) is 4.24. The summed E-state index contributed by atoms with van der Waals surface area (Å²) in [6.07, 6.45) is 2.64. The van der Waals surface area contributed by atoms with Crippen molar-refractivity contribution in [1.29, 1.82) is 0 Å². The molecule has 0 aliphatic heterocycles. The van der Waals surface area contributed by atoms with E-state index in [1.165, 1.54) is 0 Å². The Hall–Kier alpha value is -2.04. The molecule has 5 heteroatoms. The molecule has 0 aromatic heterocycles. The number of carboxylic acid groups (broad SMARTS) is 1. The second-order valence-electron chi connectivity index (χ2n) is 6.37. The van der Waals surface area contributed by atoms with Crippen molar-refractivity contribution >= 4 is 11.9 Å². The van der Waals surface area contributed by atoms with Crippen LogP contribution >= 0.6 is 0 Å². The number of amides is 1. The number of hydrogen-bond donors (Lipinski definition) is 2. The zero-order valence-electron chi connectivity index (χ0n) is 14.0. The van der Waals surface area contributed by atoms with E-state index in [0.717, 1.165) is 29.7 Å². The van der Waals surface area contributed by atoms with Gasteiger partial charge in [0.25, 0.3) is 0 Å². The van der Waals surface area contributed by atoms with Gasteiger partial charge in [-0.2, -0.15) is 0 Å². The van der Waals surface area contributed by atoms with Crippen LogP contribution in [-0.4, -0.2) is 24.1 Å². The van der Waals surface area contributed by atoms with Crippen LogP contribution in [0.2, 0.25) is 0 Å². The summed E-state index contributed by atoms with van der Waals surface area (Å²) in [6, 6.07) is 5.69. The quantitative estimate of drug-likeness (QED) is 0.874. The Morgan fingerprint density at radius 1 is 1.30 bits per heavy atom. The van der Waals surface area contributed by atoms with E-state index >= 15 is 0 Å².